The maximum atomic E-state index is 12.2. The molecule has 0 aromatic carbocycles. The van der Waals surface area contributed by atoms with Crippen molar-refractivity contribution in [2.24, 2.45) is 10.9 Å². The summed E-state index contributed by atoms with van der Waals surface area (Å²) in [4.78, 5) is 25.2. The number of carboxylic acid groups (broad SMARTS) is 1. The second kappa shape index (κ2) is 6.19. The van der Waals surface area contributed by atoms with Gasteiger partial charge in [-0.1, -0.05) is 0 Å². The van der Waals surface area contributed by atoms with E-state index in [0.717, 1.165) is 6.20 Å². The Balaban J connectivity index is 2.23. The maximum absolute atomic E-state index is 12.2. The molecule has 2 rings (SSSR count). The Labute approximate surface area is 140 Å². The molecule has 1 saturated heterocycles. The van der Waals surface area contributed by atoms with E-state index in [-0.39, 0.29) is 11.8 Å². The predicted molar refractivity (Wildman–Crippen MR) is 84.1 cm³/mol. The van der Waals surface area contributed by atoms with Gasteiger partial charge in [0, 0.05) is 19.3 Å². The van der Waals surface area contributed by atoms with Gasteiger partial charge in [-0.2, -0.15) is 8.42 Å². The lowest BCUT2D eigenvalue weighted by Gasteiger charge is -2.35. The van der Waals surface area contributed by atoms with E-state index in [4.69, 9.17) is 10.9 Å². The summed E-state index contributed by atoms with van der Waals surface area (Å²) in [5.74, 6) is -1.99. The Morgan fingerprint density at radius 3 is 2.25 bits per heavy atom. The number of aromatic nitrogens is 1. The molecule has 1 fully saturated rings. The SMILES string of the molecule is CC(C)(N)C(=O)N1CCC(c2ccn(S(N)(=O)=O)c2C(=O)[O-])CC1. The number of amides is 1. The molecule has 24 heavy (non-hydrogen) atoms. The molecule has 1 amide bonds. The highest BCUT2D eigenvalue weighted by Gasteiger charge is 2.32. The Morgan fingerprint density at radius 2 is 1.83 bits per heavy atom. The molecular formula is C14H21N4O5S-. The van der Waals surface area contributed by atoms with Crippen molar-refractivity contribution in [2.45, 2.75) is 38.1 Å². The molecular weight excluding hydrogens is 336 g/mol. The van der Waals surface area contributed by atoms with Crippen molar-refractivity contribution in [2.75, 3.05) is 13.1 Å². The largest absolute Gasteiger partial charge is 0.543 e. The second-order valence-electron chi connectivity index (χ2n) is 6.54. The summed E-state index contributed by atoms with van der Waals surface area (Å²) in [6, 6.07) is 1.42. The zero-order chi connectivity index (χ0) is 18.3. The van der Waals surface area contributed by atoms with E-state index in [0.29, 0.717) is 35.5 Å². The normalized spacial score (nSPS) is 17.1. The smallest absolute Gasteiger partial charge is 0.302 e. The van der Waals surface area contributed by atoms with E-state index >= 15 is 0 Å². The monoisotopic (exact) mass is 357 g/mol. The van der Waals surface area contributed by atoms with E-state index in [2.05, 4.69) is 0 Å². The molecule has 0 radical (unpaired) electrons. The van der Waals surface area contributed by atoms with Gasteiger partial charge in [-0.15, -0.1) is 0 Å². The molecule has 1 aliphatic heterocycles. The van der Waals surface area contributed by atoms with Crippen LogP contribution in [0.25, 0.3) is 0 Å². The number of piperidine rings is 1. The topological polar surface area (TPSA) is 152 Å². The number of nitrogens with zero attached hydrogens (tertiary/aromatic N) is 2. The van der Waals surface area contributed by atoms with Crippen LogP contribution in [0.5, 0.6) is 0 Å². The van der Waals surface area contributed by atoms with Crippen LogP contribution < -0.4 is 16.0 Å². The Hall–Kier alpha value is -1.91. The lowest BCUT2D eigenvalue weighted by molar-refractivity contribution is -0.255. The second-order valence-corrected chi connectivity index (χ2v) is 7.96. The number of carbonyl (C=O) groups excluding carboxylic acids is 2. The molecule has 9 nitrogen and oxygen atoms in total. The zero-order valence-electron chi connectivity index (χ0n) is 13.6. The third kappa shape index (κ3) is 3.60. The van der Waals surface area contributed by atoms with Crippen molar-refractivity contribution in [3.8, 4) is 0 Å². The molecule has 1 aromatic rings. The van der Waals surface area contributed by atoms with Gasteiger partial charge in [0.2, 0.25) is 5.91 Å². The van der Waals surface area contributed by atoms with Crippen molar-refractivity contribution in [3.05, 3.63) is 23.5 Å². The fourth-order valence-electron chi connectivity index (χ4n) is 2.98. The highest BCUT2D eigenvalue weighted by molar-refractivity contribution is 7.87. The van der Waals surface area contributed by atoms with Gasteiger partial charge >= 0.3 is 10.2 Å². The third-order valence-electron chi connectivity index (χ3n) is 4.12. The van der Waals surface area contributed by atoms with Crippen molar-refractivity contribution in [1.82, 2.24) is 8.87 Å². The van der Waals surface area contributed by atoms with Gasteiger partial charge in [-0.25, -0.2) is 9.11 Å². The first-order valence-electron chi connectivity index (χ1n) is 7.47. The Kier molecular flexibility index (Phi) is 4.75. The van der Waals surface area contributed by atoms with Crippen LogP contribution in [0, 0.1) is 0 Å². The summed E-state index contributed by atoms with van der Waals surface area (Å²) in [7, 11) is -4.23. The zero-order valence-corrected chi connectivity index (χ0v) is 14.4. The van der Waals surface area contributed by atoms with Crippen molar-refractivity contribution < 1.29 is 23.1 Å². The quantitative estimate of drug-likeness (QED) is 0.658. The molecule has 1 aliphatic rings. The van der Waals surface area contributed by atoms with Crippen molar-refractivity contribution in [3.63, 3.8) is 0 Å². The molecule has 134 valence electrons. The van der Waals surface area contributed by atoms with Crippen LogP contribution in [0.4, 0.5) is 0 Å². The Morgan fingerprint density at radius 1 is 1.29 bits per heavy atom. The van der Waals surface area contributed by atoms with Gasteiger partial charge < -0.3 is 20.5 Å². The van der Waals surface area contributed by atoms with Crippen LogP contribution in [0.2, 0.25) is 0 Å². The van der Waals surface area contributed by atoms with Crippen LogP contribution in [-0.2, 0) is 15.0 Å². The predicted octanol–water partition coefficient (Wildman–Crippen LogP) is -1.65. The standard InChI is InChI=1S/C14H22N4O5S/c1-14(2,15)13(21)17-6-3-9(4-7-17)10-5-8-18(24(16,22)23)11(10)12(19)20/h5,8-9H,3-4,6-7,15H2,1-2H3,(H,19,20)(H2,16,22,23)/p-1. The summed E-state index contributed by atoms with van der Waals surface area (Å²) >= 11 is 0. The molecule has 2 heterocycles. The van der Waals surface area contributed by atoms with Gasteiger partial charge in [0.05, 0.1) is 17.2 Å². The number of hydrogen-bond acceptors (Lipinski definition) is 6. The van der Waals surface area contributed by atoms with Crippen LogP contribution in [-0.4, -0.2) is 47.8 Å². The summed E-state index contributed by atoms with van der Waals surface area (Å²) in [6.07, 6.45) is 2.10. The molecule has 0 atom stereocenters. The fraction of sp³-hybridized carbons (Fsp3) is 0.571. The highest BCUT2D eigenvalue weighted by Crippen LogP contribution is 2.31. The molecule has 4 N–H and O–H groups in total. The number of aromatic carboxylic acids is 1. The molecule has 0 saturated carbocycles. The van der Waals surface area contributed by atoms with E-state index < -0.39 is 27.4 Å². The number of nitrogens with two attached hydrogens (primary N) is 2. The molecule has 0 aliphatic carbocycles. The lowest BCUT2D eigenvalue weighted by atomic mass is 9.88. The first-order chi connectivity index (χ1) is 10.9. The average Bonchev–Trinajstić information content (AvgIpc) is 2.90. The van der Waals surface area contributed by atoms with Crippen molar-refractivity contribution >= 4 is 22.1 Å². The first kappa shape index (κ1) is 18.4. The summed E-state index contributed by atoms with van der Waals surface area (Å²) in [5.41, 5.74) is 4.73. The van der Waals surface area contributed by atoms with E-state index in [1.165, 1.54) is 6.07 Å². The van der Waals surface area contributed by atoms with E-state index in [9.17, 15) is 23.1 Å². The van der Waals surface area contributed by atoms with Gasteiger partial charge in [0.25, 0.3) is 0 Å². The number of carboxylic acids is 1. The maximum Gasteiger partial charge on any atom is 0.302 e. The van der Waals surface area contributed by atoms with Crippen LogP contribution in [0.3, 0.4) is 0 Å². The molecule has 0 bridgehead atoms. The minimum Gasteiger partial charge on any atom is -0.543 e. The van der Waals surface area contributed by atoms with Crippen LogP contribution in [0.1, 0.15) is 48.7 Å². The summed E-state index contributed by atoms with van der Waals surface area (Å²) in [6.45, 7) is 4.08. The van der Waals surface area contributed by atoms with E-state index in [1.807, 2.05) is 0 Å². The highest BCUT2D eigenvalue weighted by atomic mass is 32.2. The summed E-state index contributed by atoms with van der Waals surface area (Å²) in [5, 5.41) is 16.4. The van der Waals surface area contributed by atoms with Gasteiger partial charge in [-0.05, 0) is 44.2 Å². The minimum absolute atomic E-state index is 0.178. The Bertz CT molecular complexity index is 755. The number of hydrogen-bond donors (Lipinski definition) is 2. The first-order valence-corrected chi connectivity index (χ1v) is 8.97. The summed E-state index contributed by atoms with van der Waals surface area (Å²) < 4.78 is 23.5. The third-order valence-corrected chi connectivity index (χ3v) is 4.98. The minimum atomic E-state index is -4.23. The van der Waals surface area contributed by atoms with Gasteiger partial charge in [0.15, 0.2) is 0 Å². The molecule has 1 aromatic heterocycles. The van der Waals surface area contributed by atoms with Crippen molar-refractivity contribution in [1.29, 1.82) is 0 Å². The van der Waals surface area contributed by atoms with E-state index in [1.54, 1.807) is 18.7 Å². The molecule has 0 spiro atoms. The van der Waals surface area contributed by atoms with Crippen LogP contribution >= 0.6 is 0 Å². The van der Waals surface area contributed by atoms with Crippen LogP contribution in [0.15, 0.2) is 12.3 Å². The lowest BCUT2D eigenvalue weighted by Crippen LogP contribution is -2.53. The number of rotatable bonds is 4. The molecule has 0 unspecified atom stereocenters. The molecule has 10 heteroatoms. The average molecular weight is 357 g/mol. The number of carbonyl (C=O) groups is 2. The number of likely N-dealkylation sites (tertiary alicyclic amines) is 1. The van der Waals surface area contributed by atoms with Gasteiger partial charge in [0.1, 0.15) is 0 Å². The van der Waals surface area contributed by atoms with Gasteiger partial charge in [-0.3, -0.25) is 4.79 Å². The fourth-order valence-corrected chi connectivity index (χ4v) is 3.64.